The Bertz CT molecular complexity index is 977. The fourth-order valence-corrected chi connectivity index (χ4v) is 3.22. The molecule has 0 atom stereocenters. The average Bonchev–Trinajstić information content (AvgIpc) is 3.04. The van der Waals surface area contributed by atoms with Gasteiger partial charge in [-0.15, -0.1) is 0 Å². The molecule has 0 unspecified atom stereocenters. The van der Waals surface area contributed by atoms with Crippen molar-refractivity contribution in [3.8, 4) is 17.1 Å². The molecule has 0 fully saturated rings. The van der Waals surface area contributed by atoms with Gasteiger partial charge in [-0.1, -0.05) is 6.07 Å². The van der Waals surface area contributed by atoms with Crippen LogP contribution in [0.1, 0.15) is 12.0 Å². The van der Waals surface area contributed by atoms with Gasteiger partial charge in [-0.2, -0.15) is 8.42 Å². The van der Waals surface area contributed by atoms with Gasteiger partial charge in [-0.25, -0.2) is 0 Å². The molecule has 0 amide bonds. The van der Waals surface area contributed by atoms with Crippen LogP contribution in [0.5, 0.6) is 5.75 Å². The lowest BCUT2D eigenvalue weighted by atomic mass is 10.1. The molecule has 0 saturated carbocycles. The Labute approximate surface area is 152 Å². The molecule has 0 saturated heterocycles. The van der Waals surface area contributed by atoms with E-state index in [0.29, 0.717) is 19.5 Å². The number of benzene rings is 2. The number of rotatable bonds is 8. The first kappa shape index (κ1) is 18.4. The lowest BCUT2D eigenvalue weighted by Gasteiger charge is -2.04. The van der Waals surface area contributed by atoms with E-state index in [2.05, 4.69) is 5.32 Å². The normalized spacial score (nSPS) is 11.8. The maximum Gasteiger partial charge on any atom is 0.264 e. The van der Waals surface area contributed by atoms with Gasteiger partial charge < -0.3 is 14.5 Å². The van der Waals surface area contributed by atoms with Crippen LogP contribution in [-0.4, -0.2) is 32.4 Å². The second-order valence-electron chi connectivity index (χ2n) is 6.03. The van der Waals surface area contributed by atoms with Gasteiger partial charge in [0.2, 0.25) is 0 Å². The second-order valence-corrected chi connectivity index (χ2v) is 7.60. The van der Waals surface area contributed by atoms with Crippen LogP contribution in [0.15, 0.2) is 52.9 Å². The van der Waals surface area contributed by atoms with E-state index in [1.807, 2.05) is 48.5 Å². The molecule has 0 radical (unpaired) electrons. The van der Waals surface area contributed by atoms with Crippen molar-refractivity contribution < 1.29 is 22.1 Å². The highest BCUT2D eigenvalue weighted by Gasteiger charge is 2.08. The molecule has 0 aliphatic rings. The first-order valence-corrected chi connectivity index (χ1v) is 9.88. The minimum atomic E-state index is -3.89. The molecule has 0 aliphatic carbocycles. The number of furan rings is 1. The Hall–Kier alpha value is -2.35. The van der Waals surface area contributed by atoms with Crippen molar-refractivity contribution in [3.05, 3.63) is 54.1 Å². The summed E-state index contributed by atoms with van der Waals surface area (Å²) < 4.78 is 41.1. The largest absolute Gasteiger partial charge is 0.497 e. The Morgan fingerprint density at radius 2 is 1.88 bits per heavy atom. The van der Waals surface area contributed by atoms with Gasteiger partial charge in [0.15, 0.2) is 0 Å². The number of ether oxygens (including phenoxy) is 1. The SMILES string of the molecule is COc1ccc(-c2cc3cc(CNCCCS(=O)(=O)O)ccc3o2)cc1. The summed E-state index contributed by atoms with van der Waals surface area (Å²) in [4.78, 5) is 0. The van der Waals surface area contributed by atoms with Gasteiger partial charge in [0.1, 0.15) is 17.1 Å². The number of nitrogens with one attached hydrogen (secondary N) is 1. The van der Waals surface area contributed by atoms with Crippen LogP contribution in [0.25, 0.3) is 22.3 Å². The molecule has 0 aliphatic heterocycles. The van der Waals surface area contributed by atoms with Crippen LogP contribution < -0.4 is 10.1 Å². The summed E-state index contributed by atoms with van der Waals surface area (Å²) in [6.45, 7) is 1.13. The zero-order valence-electron chi connectivity index (χ0n) is 14.4. The molecule has 1 heterocycles. The summed E-state index contributed by atoms with van der Waals surface area (Å²) in [6, 6.07) is 15.6. The van der Waals surface area contributed by atoms with Crippen LogP contribution in [-0.2, 0) is 16.7 Å². The Morgan fingerprint density at radius 3 is 2.58 bits per heavy atom. The molecule has 3 aromatic rings. The van der Waals surface area contributed by atoms with E-state index in [-0.39, 0.29) is 5.75 Å². The lowest BCUT2D eigenvalue weighted by molar-refractivity contribution is 0.415. The summed E-state index contributed by atoms with van der Waals surface area (Å²) in [5.74, 6) is 1.36. The van der Waals surface area contributed by atoms with E-state index in [9.17, 15) is 8.42 Å². The van der Waals surface area contributed by atoms with Crippen molar-refractivity contribution in [3.63, 3.8) is 0 Å². The molecular formula is C19H21NO5S. The highest BCUT2D eigenvalue weighted by atomic mass is 32.2. The zero-order chi connectivity index (χ0) is 18.6. The van der Waals surface area contributed by atoms with E-state index in [1.165, 1.54) is 0 Å². The van der Waals surface area contributed by atoms with Crippen LogP contribution in [0, 0.1) is 0 Å². The molecule has 2 aromatic carbocycles. The molecule has 2 N–H and O–H groups in total. The Morgan fingerprint density at radius 1 is 1.12 bits per heavy atom. The molecule has 26 heavy (non-hydrogen) atoms. The Balaban J connectivity index is 1.65. The third kappa shape index (κ3) is 4.85. The van der Waals surface area contributed by atoms with Gasteiger partial charge in [0, 0.05) is 17.5 Å². The molecule has 3 rings (SSSR count). The van der Waals surface area contributed by atoms with Crippen molar-refractivity contribution >= 4 is 21.1 Å². The summed E-state index contributed by atoms with van der Waals surface area (Å²) in [7, 11) is -2.25. The summed E-state index contributed by atoms with van der Waals surface area (Å²) in [6.07, 6.45) is 0.369. The monoisotopic (exact) mass is 375 g/mol. The predicted molar refractivity (Wildman–Crippen MR) is 101 cm³/mol. The maximum atomic E-state index is 10.7. The molecule has 0 spiro atoms. The third-order valence-corrected chi connectivity index (χ3v) is 4.84. The molecule has 1 aromatic heterocycles. The highest BCUT2D eigenvalue weighted by molar-refractivity contribution is 7.85. The van der Waals surface area contributed by atoms with Gasteiger partial charge in [-0.3, -0.25) is 4.55 Å². The highest BCUT2D eigenvalue weighted by Crippen LogP contribution is 2.29. The Kier molecular flexibility index (Phi) is 5.61. The van der Waals surface area contributed by atoms with E-state index >= 15 is 0 Å². The smallest absolute Gasteiger partial charge is 0.264 e. The number of fused-ring (bicyclic) bond motifs is 1. The summed E-state index contributed by atoms with van der Waals surface area (Å²) in [5, 5.41) is 4.18. The van der Waals surface area contributed by atoms with E-state index < -0.39 is 10.1 Å². The van der Waals surface area contributed by atoms with E-state index in [0.717, 1.165) is 33.6 Å². The summed E-state index contributed by atoms with van der Waals surface area (Å²) in [5.41, 5.74) is 2.87. The first-order chi connectivity index (χ1) is 12.4. The minimum Gasteiger partial charge on any atom is -0.497 e. The minimum absolute atomic E-state index is 0.230. The van der Waals surface area contributed by atoms with Crippen molar-refractivity contribution in [2.45, 2.75) is 13.0 Å². The standard InChI is InChI=1S/C19H21NO5S/c1-24-17-6-4-15(5-7-17)19-12-16-11-14(3-8-18(16)25-19)13-20-9-2-10-26(21,22)23/h3-8,11-12,20H,2,9-10,13H2,1H3,(H,21,22,23). The summed E-state index contributed by atoms with van der Waals surface area (Å²) >= 11 is 0. The van der Waals surface area contributed by atoms with Crippen LogP contribution >= 0.6 is 0 Å². The number of hydrogen-bond donors (Lipinski definition) is 2. The molecular weight excluding hydrogens is 354 g/mol. The van der Waals surface area contributed by atoms with E-state index in [4.69, 9.17) is 13.7 Å². The van der Waals surface area contributed by atoms with Crippen LogP contribution in [0.3, 0.4) is 0 Å². The van der Waals surface area contributed by atoms with Gasteiger partial charge >= 0.3 is 0 Å². The van der Waals surface area contributed by atoms with Crippen molar-refractivity contribution in [1.82, 2.24) is 5.32 Å². The fraction of sp³-hybridized carbons (Fsp3) is 0.263. The van der Waals surface area contributed by atoms with Gasteiger partial charge in [-0.05, 0) is 61.0 Å². The number of methoxy groups -OCH3 is 1. The van der Waals surface area contributed by atoms with Crippen LogP contribution in [0.2, 0.25) is 0 Å². The topological polar surface area (TPSA) is 88.8 Å². The maximum absolute atomic E-state index is 10.7. The molecule has 138 valence electrons. The zero-order valence-corrected chi connectivity index (χ0v) is 15.3. The molecule has 6 nitrogen and oxygen atoms in total. The predicted octanol–water partition coefficient (Wildman–Crippen LogP) is 3.48. The number of hydrogen-bond acceptors (Lipinski definition) is 5. The van der Waals surface area contributed by atoms with Crippen molar-refractivity contribution in [2.24, 2.45) is 0 Å². The van der Waals surface area contributed by atoms with Crippen LogP contribution in [0.4, 0.5) is 0 Å². The van der Waals surface area contributed by atoms with Crippen molar-refractivity contribution in [2.75, 3.05) is 19.4 Å². The van der Waals surface area contributed by atoms with E-state index in [1.54, 1.807) is 7.11 Å². The van der Waals surface area contributed by atoms with Gasteiger partial charge in [0.25, 0.3) is 10.1 Å². The third-order valence-electron chi connectivity index (χ3n) is 4.04. The molecule has 0 bridgehead atoms. The second kappa shape index (κ2) is 7.90. The quantitative estimate of drug-likeness (QED) is 0.463. The fourth-order valence-electron chi connectivity index (χ4n) is 2.71. The lowest BCUT2D eigenvalue weighted by Crippen LogP contribution is -2.17. The molecule has 7 heteroatoms. The average molecular weight is 375 g/mol. The van der Waals surface area contributed by atoms with Gasteiger partial charge in [0.05, 0.1) is 12.9 Å². The van der Waals surface area contributed by atoms with Crippen molar-refractivity contribution in [1.29, 1.82) is 0 Å². The first-order valence-electron chi connectivity index (χ1n) is 8.27.